The average Bonchev–Trinajstić information content (AvgIpc) is 2.81. The van der Waals surface area contributed by atoms with Gasteiger partial charge in [0, 0.05) is 11.4 Å². The first-order chi connectivity index (χ1) is 9.72. The third-order valence-electron chi connectivity index (χ3n) is 3.28. The second-order valence-corrected chi connectivity index (χ2v) is 5.59. The topological polar surface area (TPSA) is 34.9 Å². The van der Waals surface area contributed by atoms with E-state index in [1.807, 2.05) is 25.1 Å². The Morgan fingerprint density at radius 2 is 2.10 bits per heavy atom. The van der Waals surface area contributed by atoms with Crippen LogP contribution in [-0.4, -0.2) is 9.55 Å². The molecule has 0 amide bonds. The lowest BCUT2D eigenvalue weighted by Crippen LogP contribution is -2.19. The molecule has 20 heavy (non-hydrogen) atoms. The molecule has 2 aromatic heterocycles. The van der Waals surface area contributed by atoms with Crippen molar-refractivity contribution in [3.63, 3.8) is 0 Å². The summed E-state index contributed by atoms with van der Waals surface area (Å²) in [5.41, 5.74) is 2.14. The number of hydrogen-bond acceptors (Lipinski definition) is 3. The number of rotatable bonds is 3. The highest BCUT2D eigenvalue weighted by Gasteiger charge is 2.15. The third kappa shape index (κ3) is 1.98. The van der Waals surface area contributed by atoms with Crippen LogP contribution in [0.3, 0.4) is 0 Å². The summed E-state index contributed by atoms with van der Waals surface area (Å²) in [6.45, 7) is 6.14. The van der Waals surface area contributed by atoms with Gasteiger partial charge in [0.1, 0.15) is 4.83 Å². The zero-order valence-corrected chi connectivity index (χ0v) is 12.0. The van der Waals surface area contributed by atoms with Gasteiger partial charge in [0.2, 0.25) is 0 Å². The number of fused-ring (bicyclic) bond motifs is 1. The monoisotopic (exact) mass is 282 g/mol. The van der Waals surface area contributed by atoms with E-state index < -0.39 is 0 Å². The minimum atomic E-state index is 0.00540. The molecular formula is C16H14N2OS. The first-order valence-electron chi connectivity index (χ1n) is 6.37. The Morgan fingerprint density at radius 3 is 2.80 bits per heavy atom. The number of thiophene rings is 1. The smallest absolute Gasteiger partial charge is 0.262 e. The van der Waals surface area contributed by atoms with Crippen molar-refractivity contribution in [1.29, 1.82) is 0 Å². The zero-order chi connectivity index (χ0) is 14.1. The maximum Gasteiger partial charge on any atom is 0.262 e. The van der Waals surface area contributed by atoms with E-state index >= 15 is 0 Å². The standard InChI is InChI=1S/C16H14N2OS/c1-3-9-18-10-17-15-13(16(18)19)11(2)14(20-15)12-7-5-4-6-8-12/h3-8,10H,1,9H2,2H3. The highest BCUT2D eigenvalue weighted by molar-refractivity contribution is 7.22. The number of allylic oxidation sites excluding steroid dienone is 1. The van der Waals surface area contributed by atoms with Crippen LogP contribution >= 0.6 is 11.3 Å². The number of aryl methyl sites for hydroxylation is 1. The molecule has 0 aliphatic rings. The highest BCUT2D eigenvalue weighted by Crippen LogP contribution is 2.35. The zero-order valence-electron chi connectivity index (χ0n) is 11.2. The van der Waals surface area contributed by atoms with Crippen LogP contribution in [0.4, 0.5) is 0 Å². The van der Waals surface area contributed by atoms with Gasteiger partial charge in [-0.15, -0.1) is 17.9 Å². The van der Waals surface area contributed by atoms with Crippen LogP contribution in [0.5, 0.6) is 0 Å². The molecule has 2 heterocycles. The molecule has 0 atom stereocenters. The molecule has 0 saturated carbocycles. The molecule has 0 aliphatic heterocycles. The number of aromatic nitrogens is 2. The maximum absolute atomic E-state index is 12.5. The van der Waals surface area contributed by atoms with Crippen LogP contribution < -0.4 is 5.56 Å². The first-order valence-corrected chi connectivity index (χ1v) is 7.19. The Balaban J connectivity index is 2.28. The summed E-state index contributed by atoms with van der Waals surface area (Å²) in [6.07, 6.45) is 3.30. The average molecular weight is 282 g/mol. The predicted molar refractivity (Wildman–Crippen MR) is 84.3 cm³/mol. The van der Waals surface area contributed by atoms with E-state index in [1.165, 1.54) is 0 Å². The molecule has 0 radical (unpaired) electrons. The van der Waals surface area contributed by atoms with Crippen LogP contribution in [0.15, 0.2) is 54.1 Å². The molecule has 0 spiro atoms. The third-order valence-corrected chi connectivity index (χ3v) is 4.53. The van der Waals surface area contributed by atoms with Crippen molar-refractivity contribution in [2.24, 2.45) is 0 Å². The fraction of sp³-hybridized carbons (Fsp3) is 0.125. The van der Waals surface area contributed by atoms with E-state index in [-0.39, 0.29) is 5.56 Å². The van der Waals surface area contributed by atoms with Crippen molar-refractivity contribution in [2.75, 3.05) is 0 Å². The molecule has 3 aromatic rings. The lowest BCUT2D eigenvalue weighted by molar-refractivity contribution is 0.768. The Hall–Kier alpha value is -2.20. The molecule has 100 valence electrons. The Labute approximate surface area is 120 Å². The molecule has 0 fully saturated rings. The molecule has 0 N–H and O–H groups in total. The van der Waals surface area contributed by atoms with E-state index in [4.69, 9.17) is 0 Å². The fourth-order valence-electron chi connectivity index (χ4n) is 2.29. The van der Waals surface area contributed by atoms with Crippen LogP contribution in [0.1, 0.15) is 5.56 Å². The van der Waals surface area contributed by atoms with Crippen molar-refractivity contribution >= 4 is 21.6 Å². The van der Waals surface area contributed by atoms with Gasteiger partial charge in [0.25, 0.3) is 5.56 Å². The van der Waals surface area contributed by atoms with Gasteiger partial charge >= 0.3 is 0 Å². The van der Waals surface area contributed by atoms with Gasteiger partial charge in [-0.1, -0.05) is 36.4 Å². The lowest BCUT2D eigenvalue weighted by atomic mass is 10.1. The van der Waals surface area contributed by atoms with Gasteiger partial charge in [-0.3, -0.25) is 9.36 Å². The Bertz CT molecular complexity index is 831. The summed E-state index contributed by atoms with van der Waals surface area (Å²) in [5.74, 6) is 0. The largest absolute Gasteiger partial charge is 0.295 e. The summed E-state index contributed by atoms with van der Waals surface area (Å²) in [5, 5.41) is 0.721. The summed E-state index contributed by atoms with van der Waals surface area (Å²) in [4.78, 5) is 18.8. The summed E-state index contributed by atoms with van der Waals surface area (Å²) in [6, 6.07) is 10.1. The van der Waals surface area contributed by atoms with Crippen LogP contribution in [0, 0.1) is 6.92 Å². The van der Waals surface area contributed by atoms with Crippen molar-refractivity contribution < 1.29 is 0 Å². The van der Waals surface area contributed by atoms with Crippen molar-refractivity contribution in [3.05, 3.63) is 65.2 Å². The van der Waals surface area contributed by atoms with E-state index in [0.717, 1.165) is 26.2 Å². The normalized spacial score (nSPS) is 10.8. The van der Waals surface area contributed by atoms with Gasteiger partial charge in [0.15, 0.2) is 0 Å². The van der Waals surface area contributed by atoms with E-state index in [2.05, 4.69) is 23.7 Å². The summed E-state index contributed by atoms with van der Waals surface area (Å²) < 4.78 is 1.59. The highest BCUT2D eigenvalue weighted by atomic mass is 32.1. The molecule has 1 aromatic carbocycles. The SMILES string of the molecule is C=CCn1cnc2sc(-c3ccccc3)c(C)c2c1=O. The molecule has 0 unspecified atom stereocenters. The van der Waals surface area contributed by atoms with Gasteiger partial charge in [-0.25, -0.2) is 4.98 Å². The number of nitrogens with zero attached hydrogens (tertiary/aromatic N) is 2. The Kier molecular flexibility index (Phi) is 3.24. The first kappa shape index (κ1) is 12.8. The second-order valence-electron chi connectivity index (χ2n) is 4.59. The van der Waals surface area contributed by atoms with Crippen LogP contribution in [0.2, 0.25) is 0 Å². The minimum Gasteiger partial charge on any atom is -0.295 e. The fourth-order valence-corrected chi connectivity index (χ4v) is 3.44. The number of hydrogen-bond donors (Lipinski definition) is 0. The second kappa shape index (κ2) is 5.06. The van der Waals surface area contributed by atoms with Gasteiger partial charge < -0.3 is 0 Å². The van der Waals surface area contributed by atoms with E-state index in [1.54, 1.807) is 28.3 Å². The molecule has 0 aliphatic carbocycles. The minimum absolute atomic E-state index is 0.00540. The number of benzene rings is 1. The lowest BCUT2D eigenvalue weighted by Gasteiger charge is -2.01. The van der Waals surface area contributed by atoms with Crippen molar-refractivity contribution in [2.45, 2.75) is 13.5 Å². The molecule has 0 saturated heterocycles. The van der Waals surface area contributed by atoms with Crippen molar-refractivity contribution in [1.82, 2.24) is 9.55 Å². The quantitative estimate of drug-likeness (QED) is 0.688. The van der Waals surface area contributed by atoms with Gasteiger partial charge in [-0.2, -0.15) is 0 Å². The molecule has 0 bridgehead atoms. The van der Waals surface area contributed by atoms with E-state index in [9.17, 15) is 4.79 Å². The summed E-state index contributed by atoms with van der Waals surface area (Å²) >= 11 is 1.57. The molecule has 4 heteroatoms. The van der Waals surface area contributed by atoms with Crippen LogP contribution in [-0.2, 0) is 6.54 Å². The van der Waals surface area contributed by atoms with Gasteiger partial charge in [-0.05, 0) is 18.1 Å². The molecule has 3 rings (SSSR count). The Morgan fingerprint density at radius 1 is 1.35 bits per heavy atom. The van der Waals surface area contributed by atoms with Crippen molar-refractivity contribution in [3.8, 4) is 10.4 Å². The molecular weight excluding hydrogens is 268 g/mol. The van der Waals surface area contributed by atoms with Gasteiger partial charge in [0.05, 0.1) is 11.7 Å². The van der Waals surface area contributed by atoms with E-state index in [0.29, 0.717) is 6.54 Å². The maximum atomic E-state index is 12.5. The van der Waals surface area contributed by atoms with Crippen LogP contribution in [0.25, 0.3) is 20.7 Å². The summed E-state index contributed by atoms with van der Waals surface area (Å²) in [7, 11) is 0. The molecule has 3 nitrogen and oxygen atoms in total. The predicted octanol–water partition coefficient (Wildman–Crippen LogP) is 3.62.